The van der Waals surface area contributed by atoms with E-state index in [9.17, 15) is 9.90 Å². The summed E-state index contributed by atoms with van der Waals surface area (Å²) in [6.45, 7) is 3.88. The summed E-state index contributed by atoms with van der Waals surface area (Å²) >= 11 is 0. The van der Waals surface area contributed by atoms with Crippen molar-refractivity contribution in [3.63, 3.8) is 0 Å². The Kier molecular flexibility index (Phi) is 5.96. The Bertz CT molecular complexity index is 756. The summed E-state index contributed by atoms with van der Waals surface area (Å²) in [5.41, 5.74) is 3.48. The lowest BCUT2D eigenvalue weighted by Crippen LogP contribution is -2.18. The van der Waals surface area contributed by atoms with Gasteiger partial charge in [-0.1, -0.05) is 24.8 Å². The molecule has 6 heteroatoms. The van der Waals surface area contributed by atoms with Crippen molar-refractivity contribution in [1.82, 2.24) is 5.43 Å². The number of carbonyl (C=O) groups is 1. The molecule has 24 heavy (non-hydrogen) atoms. The second-order valence-electron chi connectivity index (χ2n) is 4.73. The Morgan fingerprint density at radius 3 is 2.83 bits per heavy atom. The highest BCUT2D eigenvalue weighted by atomic mass is 16.5. The van der Waals surface area contributed by atoms with Crippen molar-refractivity contribution in [3.05, 3.63) is 66.2 Å². The van der Waals surface area contributed by atoms with Gasteiger partial charge in [-0.25, -0.2) is 5.43 Å². The first kappa shape index (κ1) is 17.1. The lowest BCUT2D eigenvalue weighted by atomic mass is 10.2. The molecule has 2 aromatic rings. The highest BCUT2D eigenvalue weighted by Crippen LogP contribution is 2.25. The summed E-state index contributed by atoms with van der Waals surface area (Å²) in [6, 6.07) is 11.6. The zero-order valence-electron chi connectivity index (χ0n) is 13.2. The van der Waals surface area contributed by atoms with E-state index >= 15 is 0 Å². The highest BCUT2D eigenvalue weighted by Gasteiger charge is 2.10. The molecule has 1 amide bonds. The SMILES string of the molecule is C=CCOc1ccccc1C(=O)N/N=C/c1ccc(O)c(OC)c1. The molecule has 0 atom stereocenters. The van der Waals surface area contributed by atoms with Crippen molar-refractivity contribution >= 4 is 12.1 Å². The fourth-order valence-corrected chi connectivity index (χ4v) is 1.93. The van der Waals surface area contributed by atoms with E-state index in [-0.39, 0.29) is 5.75 Å². The van der Waals surface area contributed by atoms with Crippen molar-refractivity contribution < 1.29 is 19.4 Å². The Morgan fingerprint density at radius 1 is 1.29 bits per heavy atom. The molecule has 0 unspecified atom stereocenters. The fourth-order valence-electron chi connectivity index (χ4n) is 1.93. The first-order valence-electron chi connectivity index (χ1n) is 7.19. The normalized spacial score (nSPS) is 10.4. The average Bonchev–Trinajstić information content (AvgIpc) is 2.61. The van der Waals surface area contributed by atoms with Gasteiger partial charge in [0, 0.05) is 0 Å². The van der Waals surface area contributed by atoms with Gasteiger partial charge in [-0.3, -0.25) is 4.79 Å². The van der Waals surface area contributed by atoms with Crippen LogP contribution in [0.2, 0.25) is 0 Å². The van der Waals surface area contributed by atoms with E-state index in [1.165, 1.54) is 19.4 Å². The van der Waals surface area contributed by atoms with Crippen LogP contribution in [-0.4, -0.2) is 30.9 Å². The highest BCUT2D eigenvalue weighted by molar-refractivity contribution is 5.97. The number of ether oxygens (including phenoxy) is 2. The predicted octanol–water partition coefficient (Wildman–Crippen LogP) is 2.73. The number of hydrogen-bond acceptors (Lipinski definition) is 5. The third-order valence-electron chi connectivity index (χ3n) is 3.07. The molecule has 0 aliphatic rings. The van der Waals surface area contributed by atoms with E-state index in [2.05, 4.69) is 17.1 Å². The lowest BCUT2D eigenvalue weighted by Gasteiger charge is -2.08. The third kappa shape index (κ3) is 4.36. The van der Waals surface area contributed by atoms with E-state index in [1.54, 1.807) is 42.5 Å². The zero-order chi connectivity index (χ0) is 17.4. The van der Waals surface area contributed by atoms with Gasteiger partial charge in [0.2, 0.25) is 0 Å². The Balaban J connectivity index is 2.06. The van der Waals surface area contributed by atoms with Crippen molar-refractivity contribution in [2.45, 2.75) is 0 Å². The van der Waals surface area contributed by atoms with E-state index in [0.717, 1.165) is 0 Å². The van der Waals surface area contributed by atoms with Gasteiger partial charge >= 0.3 is 0 Å². The summed E-state index contributed by atoms with van der Waals surface area (Å²) in [4.78, 5) is 12.2. The molecular formula is C18H18N2O4. The van der Waals surface area contributed by atoms with Crippen LogP contribution in [0, 0.1) is 0 Å². The lowest BCUT2D eigenvalue weighted by molar-refractivity contribution is 0.0951. The van der Waals surface area contributed by atoms with Crippen LogP contribution >= 0.6 is 0 Å². The topological polar surface area (TPSA) is 80.2 Å². The average molecular weight is 326 g/mol. The molecule has 0 heterocycles. The summed E-state index contributed by atoms with van der Waals surface area (Å²) in [6.07, 6.45) is 3.05. The van der Waals surface area contributed by atoms with Crippen molar-refractivity contribution in [1.29, 1.82) is 0 Å². The number of para-hydroxylation sites is 1. The smallest absolute Gasteiger partial charge is 0.275 e. The maximum Gasteiger partial charge on any atom is 0.275 e. The molecule has 0 aliphatic carbocycles. The number of rotatable bonds is 7. The number of phenolic OH excluding ortho intramolecular Hbond substituents is 1. The minimum Gasteiger partial charge on any atom is -0.504 e. The minimum atomic E-state index is -0.392. The van der Waals surface area contributed by atoms with Crippen LogP contribution in [0.5, 0.6) is 17.2 Å². The number of nitrogens with one attached hydrogen (secondary N) is 1. The molecule has 2 N–H and O–H groups in total. The Morgan fingerprint density at radius 2 is 2.08 bits per heavy atom. The number of amides is 1. The quantitative estimate of drug-likeness (QED) is 0.466. The van der Waals surface area contributed by atoms with Crippen LogP contribution < -0.4 is 14.9 Å². The van der Waals surface area contributed by atoms with Crippen molar-refractivity contribution in [2.24, 2.45) is 5.10 Å². The molecule has 0 bridgehead atoms. The Labute approximate surface area is 140 Å². The van der Waals surface area contributed by atoms with E-state index in [4.69, 9.17) is 9.47 Å². The van der Waals surface area contributed by atoms with Gasteiger partial charge in [-0.2, -0.15) is 5.10 Å². The molecule has 6 nitrogen and oxygen atoms in total. The van der Waals surface area contributed by atoms with E-state index in [1.807, 2.05) is 0 Å². The first-order chi connectivity index (χ1) is 11.7. The second-order valence-corrected chi connectivity index (χ2v) is 4.73. The molecule has 0 aromatic heterocycles. The van der Waals surface area contributed by atoms with Gasteiger partial charge in [0.1, 0.15) is 12.4 Å². The van der Waals surface area contributed by atoms with Crippen LogP contribution in [-0.2, 0) is 0 Å². The second kappa shape index (κ2) is 8.38. The van der Waals surface area contributed by atoms with Crippen LogP contribution in [0.4, 0.5) is 0 Å². The van der Waals surface area contributed by atoms with Gasteiger partial charge in [-0.05, 0) is 35.9 Å². The molecule has 0 aliphatic heterocycles. The molecule has 0 saturated carbocycles. The van der Waals surface area contributed by atoms with Gasteiger partial charge in [0.05, 0.1) is 18.9 Å². The number of nitrogens with zero attached hydrogens (tertiary/aromatic N) is 1. The number of methoxy groups -OCH3 is 1. The number of aromatic hydroxyl groups is 1. The van der Waals surface area contributed by atoms with E-state index < -0.39 is 5.91 Å². The summed E-state index contributed by atoms with van der Waals surface area (Å²) < 4.78 is 10.5. The van der Waals surface area contributed by atoms with Crippen molar-refractivity contribution in [3.8, 4) is 17.2 Å². The van der Waals surface area contributed by atoms with Crippen LogP contribution in [0.25, 0.3) is 0 Å². The zero-order valence-corrected chi connectivity index (χ0v) is 13.2. The van der Waals surface area contributed by atoms with Gasteiger partial charge in [0.25, 0.3) is 5.91 Å². The minimum absolute atomic E-state index is 0.0342. The third-order valence-corrected chi connectivity index (χ3v) is 3.07. The fraction of sp³-hybridized carbons (Fsp3) is 0.111. The summed E-state index contributed by atoms with van der Waals surface area (Å²) in [5, 5.41) is 13.4. The van der Waals surface area contributed by atoms with Gasteiger partial charge < -0.3 is 14.6 Å². The monoisotopic (exact) mass is 326 g/mol. The van der Waals surface area contributed by atoms with Gasteiger partial charge in [-0.15, -0.1) is 0 Å². The molecule has 124 valence electrons. The molecule has 2 rings (SSSR count). The van der Waals surface area contributed by atoms with Gasteiger partial charge in [0.15, 0.2) is 11.5 Å². The first-order valence-corrected chi connectivity index (χ1v) is 7.19. The molecule has 0 saturated heterocycles. The summed E-state index contributed by atoms with van der Waals surface area (Å²) in [7, 11) is 1.46. The Hall–Kier alpha value is -3.28. The number of carbonyl (C=O) groups excluding carboxylic acids is 1. The maximum atomic E-state index is 12.2. The molecule has 0 radical (unpaired) electrons. The molecule has 2 aromatic carbocycles. The largest absolute Gasteiger partial charge is 0.504 e. The molecular weight excluding hydrogens is 308 g/mol. The summed E-state index contributed by atoms with van der Waals surface area (Å²) in [5.74, 6) is 0.425. The number of hydrazone groups is 1. The number of hydrogen-bond donors (Lipinski definition) is 2. The van der Waals surface area contributed by atoms with Crippen LogP contribution in [0.3, 0.4) is 0 Å². The van der Waals surface area contributed by atoms with Crippen molar-refractivity contribution in [2.75, 3.05) is 13.7 Å². The van der Waals surface area contributed by atoms with Crippen LogP contribution in [0.1, 0.15) is 15.9 Å². The van der Waals surface area contributed by atoms with Crippen LogP contribution in [0.15, 0.2) is 60.2 Å². The van der Waals surface area contributed by atoms with E-state index in [0.29, 0.717) is 29.2 Å². The maximum absolute atomic E-state index is 12.2. The molecule has 0 fully saturated rings. The molecule has 0 spiro atoms. The number of phenols is 1. The standard InChI is InChI=1S/C18H18N2O4/c1-3-10-24-16-7-5-4-6-14(16)18(22)20-19-12-13-8-9-15(21)17(11-13)23-2/h3-9,11-12,21H,1,10H2,2H3,(H,20,22)/b19-12+. The number of benzene rings is 2. The predicted molar refractivity (Wildman–Crippen MR) is 91.9 cm³/mol.